The van der Waals surface area contributed by atoms with Crippen molar-refractivity contribution >= 4 is 17.5 Å². The summed E-state index contributed by atoms with van der Waals surface area (Å²) in [5.74, 6) is 1.82. The maximum Gasteiger partial charge on any atom is 0.292 e. The summed E-state index contributed by atoms with van der Waals surface area (Å²) in [7, 11) is 0. The highest BCUT2D eigenvalue weighted by Gasteiger charge is 2.42. The lowest BCUT2D eigenvalue weighted by molar-refractivity contribution is -0.690. The van der Waals surface area contributed by atoms with E-state index in [-0.39, 0.29) is 25.0 Å². The molecule has 2 amide bonds. The van der Waals surface area contributed by atoms with Crippen LogP contribution < -0.4 is 24.4 Å². The van der Waals surface area contributed by atoms with Crippen LogP contribution in [0.5, 0.6) is 17.2 Å². The highest BCUT2D eigenvalue weighted by Crippen LogP contribution is 2.32. The number of rotatable bonds is 8. The van der Waals surface area contributed by atoms with E-state index in [4.69, 9.17) is 14.2 Å². The number of carbonyl (C=O) groups is 2. The molecule has 2 N–H and O–H groups in total. The highest BCUT2D eigenvalue weighted by atomic mass is 16.7. The fourth-order valence-corrected chi connectivity index (χ4v) is 3.48. The predicted octanol–water partition coefficient (Wildman–Crippen LogP) is 1.99. The van der Waals surface area contributed by atoms with Gasteiger partial charge in [0.05, 0.1) is 18.7 Å². The molecule has 1 fully saturated rings. The summed E-state index contributed by atoms with van der Waals surface area (Å²) in [5.41, 5.74) is 1.60. The van der Waals surface area contributed by atoms with Gasteiger partial charge in [-0.3, -0.25) is 9.59 Å². The number of hydrogen-bond donors (Lipinski definition) is 1. The second kappa shape index (κ2) is 8.53. The van der Waals surface area contributed by atoms with Gasteiger partial charge in [-0.15, -0.1) is 0 Å². The van der Waals surface area contributed by atoms with Crippen molar-refractivity contribution in [1.82, 2.24) is 0 Å². The lowest BCUT2D eigenvalue weighted by Gasteiger charge is -2.15. The van der Waals surface area contributed by atoms with Crippen molar-refractivity contribution in [2.75, 3.05) is 18.3 Å². The Morgan fingerprint density at radius 2 is 1.90 bits per heavy atom. The Morgan fingerprint density at radius 1 is 1.10 bits per heavy atom. The van der Waals surface area contributed by atoms with Gasteiger partial charge >= 0.3 is 0 Å². The van der Waals surface area contributed by atoms with Gasteiger partial charge in [0.25, 0.3) is 5.91 Å². The van der Waals surface area contributed by atoms with Crippen LogP contribution in [0.2, 0.25) is 0 Å². The quantitative estimate of drug-likeness (QED) is 0.544. The highest BCUT2D eigenvalue weighted by molar-refractivity contribution is 6.21. The van der Waals surface area contributed by atoms with E-state index in [9.17, 15) is 9.59 Å². The molecule has 2 aliphatic rings. The summed E-state index contributed by atoms with van der Waals surface area (Å²) in [5, 5.41) is 1.90. The molecule has 0 aliphatic carbocycles. The van der Waals surface area contributed by atoms with E-state index in [0.29, 0.717) is 24.6 Å². The number of ether oxygens (including phenoxy) is 3. The third kappa shape index (κ3) is 4.19. The number of quaternary nitrogens is 1. The molecule has 1 saturated heterocycles. The first-order chi connectivity index (χ1) is 14.2. The van der Waals surface area contributed by atoms with E-state index >= 15 is 0 Å². The Morgan fingerprint density at radius 3 is 2.69 bits per heavy atom. The van der Waals surface area contributed by atoms with E-state index < -0.39 is 6.04 Å². The van der Waals surface area contributed by atoms with E-state index in [1.807, 2.05) is 23.5 Å². The zero-order valence-corrected chi connectivity index (χ0v) is 16.4. The van der Waals surface area contributed by atoms with Crippen LogP contribution >= 0.6 is 0 Å². The van der Waals surface area contributed by atoms with E-state index in [2.05, 4.69) is 6.92 Å². The number of nitrogens with zero attached hydrogens (tertiary/aromatic N) is 1. The summed E-state index contributed by atoms with van der Waals surface area (Å²) < 4.78 is 16.3. The summed E-state index contributed by atoms with van der Waals surface area (Å²) >= 11 is 0. The molecular formula is C22H25N2O5+. The van der Waals surface area contributed by atoms with Crippen LogP contribution in [0.4, 0.5) is 5.69 Å². The van der Waals surface area contributed by atoms with Crippen molar-refractivity contribution in [3.8, 4) is 17.2 Å². The maximum atomic E-state index is 12.8. The first-order valence-corrected chi connectivity index (χ1v) is 9.97. The van der Waals surface area contributed by atoms with Gasteiger partial charge in [-0.05, 0) is 48.9 Å². The molecule has 4 rings (SSSR count). The van der Waals surface area contributed by atoms with E-state index in [1.165, 1.54) is 4.90 Å². The maximum absolute atomic E-state index is 12.8. The molecule has 0 radical (unpaired) electrons. The molecule has 1 atom stereocenters. The molecule has 7 nitrogen and oxygen atoms in total. The number of fused-ring (bicyclic) bond motifs is 1. The molecule has 0 saturated carbocycles. The fraction of sp³-hybridized carbons (Fsp3) is 0.364. The van der Waals surface area contributed by atoms with Crippen LogP contribution in [0.1, 0.15) is 31.7 Å². The van der Waals surface area contributed by atoms with E-state index in [0.717, 1.165) is 29.9 Å². The van der Waals surface area contributed by atoms with Crippen LogP contribution in [0.15, 0.2) is 42.5 Å². The van der Waals surface area contributed by atoms with Gasteiger partial charge in [-0.2, -0.15) is 0 Å². The molecule has 0 aromatic heterocycles. The van der Waals surface area contributed by atoms with E-state index in [1.54, 1.807) is 24.3 Å². The number of hydrogen-bond acceptors (Lipinski definition) is 5. The second-order valence-electron chi connectivity index (χ2n) is 7.20. The first kappa shape index (κ1) is 19.3. The van der Waals surface area contributed by atoms with Crippen molar-refractivity contribution in [3.63, 3.8) is 0 Å². The zero-order chi connectivity index (χ0) is 20.2. The summed E-state index contributed by atoms with van der Waals surface area (Å²) in [4.78, 5) is 26.6. The second-order valence-corrected chi connectivity index (χ2v) is 7.20. The number of unbranched alkanes of at least 4 members (excludes halogenated alkanes) is 1. The van der Waals surface area contributed by atoms with Crippen LogP contribution in [0, 0.1) is 0 Å². The number of benzene rings is 2. The topological polar surface area (TPSA) is 81.7 Å². The lowest BCUT2D eigenvalue weighted by atomic mass is 10.1. The van der Waals surface area contributed by atoms with Gasteiger partial charge in [0.2, 0.25) is 12.7 Å². The largest absolute Gasteiger partial charge is 0.494 e. The fourth-order valence-electron chi connectivity index (χ4n) is 3.48. The van der Waals surface area contributed by atoms with Gasteiger partial charge in [-0.25, -0.2) is 4.90 Å². The Balaban J connectivity index is 1.37. The Hall–Kier alpha value is -3.06. The van der Waals surface area contributed by atoms with Crippen molar-refractivity contribution < 1.29 is 29.1 Å². The number of anilines is 1. The molecule has 2 aromatic rings. The van der Waals surface area contributed by atoms with Crippen molar-refractivity contribution in [2.45, 2.75) is 38.8 Å². The molecule has 152 valence electrons. The van der Waals surface area contributed by atoms with Crippen molar-refractivity contribution in [2.24, 2.45) is 0 Å². The summed E-state index contributed by atoms with van der Waals surface area (Å²) in [6.07, 6.45) is 2.25. The van der Waals surface area contributed by atoms with Crippen LogP contribution in [0.25, 0.3) is 0 Å². The zero-order valence-electron chi connectivity index (χ0n) is 16.4. The lowest BCUT2D eigenvalue weighted by Crippen LogP contribution is -2.90. The summed E-state index contributed by atoms with van der Waals surface area (Å²) in [6, 6.07) is 12.4. The van der Waals surface area contributed by atoms with Gasteiger partial charge in [-0.1, -0.05) is 13.3 Å². The third-order valence-electron chi connectivity index (χ3n) is 5.12. The molecule has 29 heavy (non-hydrogen) atoms. The minimum Gasteiger partial charge on any atom is -0.494 e. The number of nitrogens with two attached hydrogens (primary N) is 1. The van der Waals surface area contributed by atoms with Gasteiger partial charge < -0.3 is 19.5 Å². The van der Waals surface area contributed by atoms with Gasteiger partial charge in [0.1, 0.15) is 12.3 Å². The Kier molecular flexibility index (Phi) is 5.67. The normalized spacial score (nSPS) is 17.8. The van der Waals surface area contributed by atoms with Crippen LogP contribution in [0.3, 0.4) is 0 Å². The van der Waals surface area contributed by atoms with Crippen molar-refractivity contribution in [3.05, 3.63) is 48.0 Å². The minimum absolute atomic E-state index is 0.179. The van der Waals surface area contributed by atoms with Crippen molar-refractivity contribution in [1.29, 1.82) is 0 Å². The monoisotopic (exact) mass is 397 g/mol. The number of amides is 2. The standard InChI is InChI=1S/C22H24N2O5/c1-2-3-10-27-17-7-5-16(6-8-17)24-21(25)12-18(22(24)26)23-13-15-4-9-19-20(11-15)29-14-28-19/h4-9,11,18,23H,2-3,10,12-14H2,1H3/p+1. The third-order valence-corrected chi connectivity index (χ3v) is 5.12. The summed E-state index contributed by atoms with van der Waals surface area (Å²) in [6.45, 7) is 3.58. The number of carbonyl (C=O) groups excluding carboxylic acids is 2. The average Bonchev–Trinajstić information content (AvgIpc) is 3.31. The van der Waals surface area contributed by atoms with Crippen LogP contribution in [-0.2, 0) is 16.1 Å². The minimum atomic E-state index is -0.423. The SMILES string of the molecule is CCCCOc1ccc(N2C(=O)CC([NH2+]Cc3ccc4c(c3)OCO4)C2=O)cc1. The smallest absolute Gasteiger partial charge is 0.292 e. The van der Waals surface area contributed by atoms with Gasteiger partial charge in [0, 0.05) is 5.56 Å². The number of imide groups is 1. The molecule has 2 heterocycles. The molecular weight excluding hydrogens is 372 g/mol. The predicted molar refractivity (Wildman–Crippen MR) is 106 cm³/mol. The molecule has 2 aromatic carbocycles. The Bertz CT molecular complexity index is 897. The molecule has 2 aliphatic heterocycles. The average molecular weight is 397 g/mol. The molecule has 0 bridgehead atoms. The van der Waals surface area contributed by atoms with Crippen LogP contribution in [-0.4, -0.2) is 31.3 Å². The molecule has 7 heteroatoms. The molecule has 1 unspecified atom stereocenters. The van der Waals surface area contributed by atoms with Gasteiger partial charge in [0.15, 0.2) is 17.5 Å². The molecule has 0 spiro atoms. The first-order valence-electron chi connectivity index (χ1n) is 9.97. The Labute approximate surface area is 169 Å².